The van der Waals surface area contributed by atoms with Crippen molar-refractivity contribution in [2.75, 3.05) is 19.6 Å². The molecule has 0 saturated carbocycles. The minimum absolute atomic E-state index is 0. The summed E-state index contributed by atoms with van der Waals surface area (Å²) < 4.78 is 37.7. The zero-order chi connectivity index (χ0) is 15.3. The SMILES string of the molecule is Cl.O=C(Cc1cccc(C(F)(F)F)c1)NCCC1CCNC1. The molecule has 0 aliphatic carbocycles. The molecule has 7 heteroatoms. The molecule has 1 aromatic carbocycles. The average Bonchev–Trinajstić information content (AvgIpc) is 2.91. The summed E-state index contributed by atoms with van der Waals surface area (Å²) in [4.78, 5) is 11.7. The van der Waals surface area contributed by atoms with E-state index in [9.17, 15) is 18.0 Å². The van der Waals surface area contributed by atoms with Crippen LogP contribution in [0, 0.1) is 5.92 Å². The highest BCUT2D eigenvalue weighted by molar-refractivity contribution is 5.85. The van der Waals surface area contributed by atoms with Gasteiger partial charge in [-0.1, -0.05) is 18.2 Å². The Morgan fingerprint density at radius 1 is 1.36 bits per heavy atom. The second-order valence-electron chi connectivity index (χ2n) is 5.37. The highest BCUT2D eigenvalue weighted by atomic mass is 35.5. The molecule has 1 saturated heterocycles. The van der Waals surface area contributed by atoms with Crippen molar-refractivity contribution in [1.29, 1.82) is 0 Å². The lowest BCUT2D eigenvalue weighted by Crippen LogP contribution is -2.27. The van der Waals surface area contributed by atoms with Gasteiger partial charge in [-0.3, -0.25) is 4.79 Å². The van der Waals surface area contributed by atoms with Crippen molar-refractivity contribution in [3.63, 3.8) is 0 Å². The summed E-state index contributed by atoms with van der Waals surface area (Å²) in [5.74, 6) is 0.346. The molecule has 1 aliphatic heterocycles. The quantitative estimate of drug-likeness (QED) is 0.868. The minimum Gasteiger partial charge on any atom is -0.356 e. The molecule has 1 unspecified atom stereocenters. The third-order valence-corrected chi connectivity index (χ3v) is 3.66. The molecule has 1 fully saturated rings. The van der Waals surface area contributed by atoms with Crippen molar-refractivity contribution in [3.8, 4) is 0 Å². The van der Waals surface area contributed by atoms with Gasteiger partial charge < -0.3 is 10.6 Å². The summed E-state index contributed by atoms with van der Waals surface area (Å²) in [6.07, 6.45) is -2.38. The Bertz CT molecular complexity index is 488. The van der Waals surface area contributed by atoms with Crippen molar-refractivity contribution in [2.24, 2.45) is 5.92 Å². The second-order valence-corrected chi connectivity index (χ2v) is 5.37. The van der Waals surface area contributed by atoms with Crippen LogP contribution in [0.4, 0.5) is 13.2 Å². The lowest BCUT2D eigenvalue weighted by molar-refractivity contribution is -0.137. The molecule has 0 bridgehead atoms. The van der Waals surface area contributed by atoms with E-state index in [1.807, 2.05) is 0 Å². The van der Waals surface area contributed by atoms with Crippen LogP contribution in [0.15, 0.2) is 24.3 Å². The molecular formula is C15H20ClF3N2O. The second kappa shape index (κ2) is 8.39. The van der Waals surface area contributed by atoms with Crippen molar-refractivity contribution < 1.29 is 18.0 Å². The van der Waals surface area contributed by atoms with Crippen molar-refractivity contribution in [1.82, 2.24) is 10.6 Å². The molecule has 1 aliphatic rings. The van der Waals surface area contributed by atoms with E-state index in [4.69, 9.17) is 0 Å². The van der Waals surface area contributed by atoms with E-state index in [2.05, 4.69) is 10.6 Å². The maximum atomic E-state index is 12.6. The largest absolute Gasteiger partial charge is 0.416 e. The van der Waals surface area contributed by atoms with Gasteiger partial charge in [-0.25, -0.2) is 0 Å². The van der Waals surface area contributed by atoms with Gasteiger partial charge in [0.2, 0.25) is 5.91 Å². The number of amides is 1. The van der Waals surface area contributed by atoms with Gasteiger partial charge >= 0.3 is 6.18 Å². The molecule has 1 aromatic rings. The van der Waals surface area contributed by atoms with Gasteiger partial charge in [0.1, 0.15) is 0 Å². The number of benzene rings is 1. The van der Waals surface area contributed by atoms with E-state index in [1.54, 1.807) is 0 Å². The Morgan fingerprint density at radius 3 is 2.77 bits per heavy atom. The van der Waals surface area contributed by atoms with Crippen LogP contribution in [-0.4, -0.2) is 25.5 Å². The van der Waals surface area contributed by atoms with Gasteiger partial charge in [0.15, 0.2) is 0 Å². The van der Waals surface area contributed by atoms with E-state index >= 15 is 0 Å². The van der Waals surface area contributed by atoms with Gasteiger partial charge in [0, 0.05) is 6.54 Å². The highest BCUT2D eigenvalue weighted by Crippen LogP contribution is 2.29. The first-order valence-electron chi connectivity index (χ1n) is 7.08. The van der Waals surface area contributed by atoms with E-state index in [1.165, 1.54) is 12.1 Å². The standard InChI is InChI=1S/C15H19F3N2O.ClH/c16-15(17,18)13-3-1-2-12(8-13)9-14(21)20-7-5-11-4-6-19-10-11;/h1-3,8,11,19H,4-7,9-10H2,(H,20,21);1H. The Balaban J connectivity index is 0.00000242. The number of hydrogen-bond donors (Lipinski definition) is 2. The number of carbonyl (C=O) groups excluding carboxylic acids is 1. The Morgan fingerprint density at radius 2 is 2.14 bits per heavy atom. The van der Waals surface area contributed by atoms with Crippen molar-refractivity contribution >= 4 is 18.3 Å². The van der Waals surface area contributed by atoms with Crippen LogP contribution in [-0.2, 0) is 17.4 Å². The smallest absolute Gasteiger partial charge is 0.356 e. The summed E-state index contributed by atoms with van der Waals surface area (Å²) in [6.45, 7) is 2.57. The Kier molecular flexibility index (Phi) is 7.16. The lowest BCUT2D eigenvalue weighted by Gasteiger charge is -2.11. The third kappa shape index (κ3) is 5.85. The molecular weight excluding hydrogens is 317 g/mol. The highest BCUT2D eigenvalue weighted by Gasteiger charge is 2.30. The van der Waals surface area contributed by atoms with Gasteiger partial charge in [-0.05, 0) is 43.5 Å². The number of rotatable bonds is 5. The number of alkyl halides is 3. The topological polar surface area (TPSA) is 41.1 Å². The fourth-order valence-corrected chi connectivity index (χ4v) is 2.48. The van der Waals surface area contributed by atoms with Crippen LogP contribution in [0.25, 0.3) is 0 Å². The molecule has 124 valence electrons. The summed E-state index contributed by atoms with van der Waals surface area (Å²) in [5, 5.41) is 6.02. The first-order valence-corrected chi connectivity index (χ1v) is 7.08. The predicted molar refractivity (Wildman–Crippen MR) is 81.0 cm³/mol. The zero-order valence-corrected chi connectivity index (χ0v) is 12.9. The van der Waals surface area contributed by atoms with Gasteiger partial charge in [0.05, 0.1) is 12.0 Å². The molecule has 22 heavy (non-hydrogen) atoms. The van der Waals surface area contributed by atoms with Crippen LogP contribution < -0.4 is 10.6 Å². The minimum atomic E-state index is -4.37. The van der Waals surface area contributed by atoms with E-state index in [0.717, 1.165) is 38.1 Å². The third-order valence-electron chi connectivity index (χ3n) is 3.66. The average molecular weight is 337 g/mol. The summed E-state index contributed by atoms with van der Waals surface area (Å²) in [7, 11) is 0. The fraction of sp³-hybridized carbons (Fsp3) is 0.533. The van der Waals surface area contributed by atoms with Crippen LogP contribution in [0.3, 0.4) is 0 Å². The molecule has 0 aromatic heterocycles. The maximum Gasteiger partial charge on any atom is 0.416 e. The van der Waals surface area contributed by atoms with E-state index in [0.29, 0.717) is 18.0 Å². The molecule has 3 nitrogen and oxygen atoms in total. The number of carbonyl (C=O) groups is 1. The Labute approximate surface area is 134 Å². The molecule has 2 rings (SSSR count). The Hall–Kier alpha value is -1.27. The van der Waals surface area contributed by atoms with Crippen LogP contribution in [0.2, 0.25) is 0 Å². The number of nitrogens with one attached hydrogen (secondary N) is 2. The monoisotopic (exact) mass is 336 g/mol. The van der Waals surface area contributed by atoms with Crippen LogP contribution >= 0.6 is 12.4 Å². The molecule has 1 atom stereocenters. The fourth-order valence-electron chi connectivity index (χ4n) is 2.48. The normalized spacial score (nSPS) is 17.9. The van der Waals surface area contributed by atoms with Gasteiger partial charge in [-0.15, -0.1) is 12.4 Å². The van der Waals surface area contributed by atoms with E-state index < -0.39 is 11.7 Å². The first-order chi connectivity index (χ1) is 9.95. The number of halogens is 4. The first kappa shape index (κ1) is 18.8. The molecule has 1 heterocycles. The van der Waals surface area contributed by atoms with Crippen molar-refractivity contribution in [2.45, 2.75) is 25.4 Å². The van der Waals surface area contributed by atoms with Crippen LogP contribution in [0.5, 0.6) is 0 Å². The molecule has 0 radical (unpaired) electrons. The predicted octanol–water partition coefficient (Wildman–Crippen LogP) is 2.79. The number of hydrogen-bond acceptors (Lipinski definition) is 2. The lowest BCUT2D eigenvalue weighted by atomic mass is 10.0. The zero-order valence-electron chi connectivity index (χ0n) is 12.1. The summed E-state index contributed by atoms with van der Waals surface area (Å²) in [5.41, 5.74) is -0.338. The van der Waals surface area contributed by atoms with Crippen molar-refractivity contribution in [3.05, 3.63) is 35.4 Å². The molecule has 1 amide bonds. The van der Waals surface area contributed by atoms with E-state index in [-0.39, 0.29) is 24.7 Å². The van der Waals surface area contributed by atoms with Gasteiger partial charge in [0.25, 0.3) is 0 Å². The molecule has 2 N–H and O–H groups in total. The molecule has 0 spiro atoms. The summed E-state index contributed by atoms with van der Waals surface area (Å²) in [6, 6.07) is 4.90. The van der Waals surface area contributed by atoms with Gasteiger partial charge in [-0.2, -0.15) is 13.2 Å². The maximum absolute atomic E-state index is 12.6. The van der Waals surface area contributed by atoms with Crippen LogP contribution in [0.1, 0.15) is 24.0 Å². The summed E-state index contributed by atoms with van der Waals surface area (Å²) >= 11 is 0.